The predicted octanol–water partition coefficient (Wildman–Crippen LogP) is 1.51. The van der Waals surface area contributed by atoms with Gasteiger partial charge in [-0.3, -0.25) is 0 Å². The Morgan fingerprint density at radius 3 is 3.17 bits per heavy atom. The number of anilines is 1. The Balaban J connectivity index is 1.90. The minimum Gasteiger partial charge on any atom is -0.352 e. The molecule has 3 heterocycles. The van der Waals surface area contributed by atoms with E-state index in [1.807, 2.05) is 12.1 Å². The summed E-state index contributed by atoms with van der Waals surface area (Å²) in [5.74, 6) is 1.62. The first kappa shape index (κ1) is 11.6. The van der Waals surface area contributed by atoms with Crippen molar-refractivity contribution in [3.8, 4) is 0 Å². The molecule has 1 saturated heterocycles. The van der Waals surface area contributed by atoms with Crippen molar-refractivity contribution in [1.82, 2.24) is 25.3 Å². The second kappa shape index (κ2) is 5.06. The Labute approximate surface area is 110 Å². The lowest BCUT2D eigenvalue weighted by molar-refractivity contribution is 0.445. The van der Waals surface area contributed by atoms with E-state index >= 15 is 0 Å². The van der Waals surface area contributed by atoms with Crippen molar-refractivity contribution in [3.05, 3.63) is 12.1 Å². The number of fused-ring (bicyclic) bond motifs is 1. The Kier molecular flexibility index (Phi) is 3.27. The van der Waals surface area contributed by atoms with Crippen LogP contribution in [0.1, 0.15) is 25.7 Å². The smallest absolute Gasteiger partial charge is 0.200 e. The molecular formula is C11H15ClN6. The standard InChI is InChI=1S/C11H15ClN6/c12-7-6-9-3-1-2-8-17(9)11-5-4-10-13-15-16-18(10)14-11/h4-5,9H,1-3,6-8H2. The Morgan fingerprint density at radius 2 is 2.28 bits per heavy atom. The van der Waals surface area contributed by atoms with Crippen LogP contribution in [-0.4, -0.2) is 43.7 Å². The lowest BCUT2D eigenvalue weighted by Crippen LogP contribution is -2.40. The summed E-state index contributed by atoms with van der Waals surface area (Å²) >= 11 is 5.88. The van der Waals surface area contributed by atoms with Gasteiger partial charge in [0.2, 0.25) is 0 Å². The van der Waals surface area contributed by atoms with Crippen molar-refractivity contribution in [2.75, 3.05) is 17.3 Å². The molecule has 0 spiro atoms. The van der Waals surface area contributed by atoms with Gasteiger partial charge >= 0.3 is 0 Å². The molecule has 0 aromatic carbocycles. The molecule has 0 radical (unpaired) electrons. The number of piperidine rings is 1. The number of halogens is 1. The summed E-state index contributed by atoms with van der Waals surface area (Å²) in [6.45, 7) is 1.03. The van der Waals surface area contributed by atoms with Gasteiger partial charge in [-0.2, -0.15) is 0 Å². The Hall–Kier alpha value is -1.43. The molecule has 1 unspecified atom stereocenters. The van der Waals surface area contributed by atoms with Crippen LogP contribution in [0.15, 0.2) is 12.1 Å². The predicted molar refractivity (Wildman–Crippen MR) is 68.9 cm³/mol. The van der Waals surface area contributed by atoms with Crippen molar-refractivity contribution in [3.63, 3.8) is 0 Å². The SMILES string of the molecule is ClCCC1CCCCN1c1ccc2nnnn2n1. The van der Waals surface area contributed by atoms with Crippen LogP contribution in [0.2, 0.25) is 0 Å². The molecule has 1 aliphatic rings. The molecule has 0 saturated carbocycles. The van der Waals surface area contributed by atoms with Crippen LogP contribution in [0.5, 0.6) is 0 Å². The molecule has 0 N–H and O–H groups in total. The zero-order valence-electron chi connectivity index (χ0n) is 10.0. The van der Waals surface area contributed by atoms with Gasteiger partial charge in [-0.1, -0.05) is 0 Å². The summed E-state index contributed by atoms with van der Waals surface area (Å²) in [6.07, 6.45) is 4.65. The molecular weight excluding hydrogens is 252 g/mol. The highest BCUT2D eigenvalue weighted by Gasteiger charge is 2.23. The molecule has 7 heteroatoms. The van der Waals surface area contributed by atoms with Crippen LogP contribution in [0.4, 0.5) is 5.82 Å². The summed E-state index contributed by atoms with van der Waals surface area (Å²) in [6, 6.07) is 4.37. The van der Waals surface area contributed by atoms with E-state index < -0.39 is 0 Å². The minimum absolute atomic E-state index is 0.484. The molecule has 0 aliphatic carbocycles. The lowest BCUT2D eigenvalue weighted by atomic mass is 10.00. The van der Waals surface area contributed by atoms with E-state index in [1.54, 1.807) is 0 Å². The molecule has 3 rings (SSSR count). The zero-order chi connectivity index (χ0) is 12.4. The van der Waals surface area contributed by atoms with Gasteiger partial charge in [0.25, 0.3) is 0 Å². The average molecular weight is 267 g/mol. The molecule has 2 aromatic heterocycles. The second-order valence-corrected chi connectivity index (χ2v) is 4.92. The maximum absolute atomic E-state index is 5.88. The van der Waals surface area contributed by atoms with E-state index in [-0.39, 0.29) is 0 Å². The van der Waals surface area contributed by atoms with Crippen LogP contribution in [0, 0.1) is 0 Å². The molecule has 1 atom stereocenters. The third-order valence-corrected chi connectivity index (χ3v) is 3.64. The van der Waals surface area contributed by atoms with Crippen LogP contribution in [-0.2, 0) is 0 Å². The lowest BCUT2D eigenvalue weighted by Gasteiger charge is -2.36. The highest BCUT2D eigenvalue weighted by molar-refractivity contribution is 6.17. The largest absolute Gasteiger partial charge is 0.352 e. The van der Waals surface area contributed by atoms with E-state index in [2.05, 4.69) is 25.5 Å². The molecule has 2 aromatic rings. The molecule has 18 heavy (non-hydrogen) atoms. The Morgan fingerprint density at radius 1 is 1.33 bits per heavy atom. The van der Waals surface area contributed by atoms with Gasteiger partial charge in [0.15, 0.2) is 11.5 Å². The first-order valence-corrected chi connectivity index (χ1v) is 6.80. The summed E-state index contributed by atoms with van der Waals surface area (Å²) in [5.41, 5.74) is 0.671. The average Bonchev–Trinajstić information content (AvgIpc) is 2.87. The number of tetrazole rings is 1. The van der Waals surface area contributed by atoms with Gasteiger partial charge in [-0.15, -0.1) is 26.4 Å². The molecule has 0 bridgehead atoms. The van der Waals surface area contributed by atoms with Crippen molar-refractivity contribution in [2.24, 2.45) is 0 Å². The highest BCUT2D eigenvalue weighted by atomic mass is 35.5. The van der Waals surface area contributed by atoms with Crippen LogP contribution >= 0.6 is 11.6 Å². The van der Waals surface area contributed by atoms with Gasteiger partial charge < -0.3 is 4.90 Å². The van der Waals surface area contributed by atoms with E-state index in [9.17, 15) is 0 Å². The van der Waals surface area contributed by atoms with E-state index in [1.165, 1.54) is 23.9 Å². The monoisotopic (exact) mass is 266 g/mol. The maximum Gasteiger partial charge on any atom is 0.200 e. The molecule has 6 nitrogen and oxygen atoms in total. The number of nitrogens with zero attached hydrogens (tertiary/aromatic N) is 6. The summed E-state index contributed by atoms with van der Waals surface area (Å²) in [4.78, 5) is 2.33. The van der Waals surface area contributed by atoms with Crippen molar-refractivity contribution in [2.45, 2.75) is 31.7 Å². The van der Waals surface area contributed by atoms with Gasteiger partial charge in [0.1, 0.15) is 0 Å². The fraction of sp³-hybridized carbons (Fsp3) is 0.636. The van der Waals surface area contributed by atoms with Crippen LogP contribution in [0.3, 0.4) is 0 Å². The topological polar surface area (TPSA) is 59.2 Å². The van der Waals surface area contributed by atoms with E-state index in [0.717, 1.165) is 18.8 Å². The fourth-order valence-corrected chi connectivity index (χ4v) is 2.77. The summed E-state index contributed by atoms with van der Waals surface area (Å²) < 4.78 is 1.47. The summed E-state index contributed by atoms with van der Waals surface area (Å²) in [7, 11) is 0. The summed E-state index contributed by atoms with van der Waals surface area (Å²) in [5, 5.41) is 15.8. The van der Waals surface area contributed by atoms with E-state index in [4.69, 9.17) is 11.6 Å². The number of hydrogen-bond donors (Lipinski definition) is 0. The van der Waals surface area contributed by atoms with Gasteiger partial charge in [0, 0.05) is 18.5 Å². The first-order chi connectivity index (χ1) is 8.88. The van der Waals surface area contributed by atoms with Crippen molar-refractivity contribution >= 4 is 23.1 Å². The number of alkyl halides is 1. The fourth-order valence-electron chi connectivity index (χ4n) is 2.52. The quantitative estimate of drug-likeness (QED) is 0.788. The van der Waals surface area contributed by atoms with Crippen molar-refractivity contribution < 1.29 is 0 Å². The van der Waals surface area contributed by atoms with Gasteiger partial charge in [-0.25, -0.2) is 0 Å². The third kappa shape index (κ3) is 2.12. The molecule has 1 fully saturated rings. The number of rotatable bonds is 3. The first-order valence-electron chi connectivity index (χ1n) is 6.26. The zero-order valence-corrected chi connectivity index (χ0v) is 10.8. The van der Waals surface area contributed by atoms with E-state index in [0.29, 0.717) is 17.6 Å². The highest BCUT2D eigenvalue weighted by Crippen LogP contribution is 2.25. The molecule has 96 valence electrons. The third-order valence-electron chi connectivity index (χ3n) is 3.42. The molecule has 1 aliphatic heterocycles. The van der Waals surface area contributed by atoms with Crippen LogP contribution < -0.4 is 4.90 Å². The molecule has 0 amide bonds. The van der Waals surface area contributed by atoms with Gasteiger partial charge in [-0.05, 0) is 48.2 Å². The maximum atomic E-state index is 5.88. The van der Waals surface area contributed by atoms with Crippen LogP contribution in [0.25, 0.3) is 5.65 Å². The van der Waals surface area contributed by atoms with Crippen molar-refractivity contribution in [1.29, 1.82) is 0 Å². The minimum atomic E-state index is 0.484. The Bertz CT molecular complexity index is 525. The number of aromatic nitrogens is 5. The number of hydrogen-bond acceptors (Lipinski definition) is 5. The second-order valence-electron chi connectivity index (χ2n) is 4.54. The van der Waals surface area contributed by atoms with Gasteiger partial charge in [0.05, 0.1) is 0 Å². The normalized spacial score (nSPS) is 20.5.